The Balaban J connectivity index is 1.96. The first kappa shape index (κ1) is 12.4. The van der Waals surface area contributed by atoms with Gasteiger partial charge in [0.2, 0.25) is 0 Å². The summed E-state index contributed by atoms with van der Waals surface area (Å²) in [4.78, 5) is 12.7. The molecule has 1 aromatic heterocycles. The molecule has 5 heteroatoms. The molecular weight excluding hydrogens is 236 g/mol. The van der Waals surface area contributed by atoms with Crippen LogP contribution in [-0.2, 0) is 0 Å². The van der Waals surface area contributed by atoms with Crippen LogP contribution in [-0.4, -0.2) is 32.1 Å². The van der Waals surface area contributed by atoms with Gasteiger partial charge in [-0.2, -0.15) is 0 Å². The number of methoxy groups -OCH3 is 1. The lowest BCUT2D eigenvalue weighted by molar-refractivity contribution is 0.0935. The molecule has 2 N–H and O–H groups in total. The van der Waals surface area contributed by atoms with Crippen molar-refractivity contribution < 1.29 is 9.53 Å². The SMILES string of the molecule is COc1ccsc1C(=O)NC1CCCNCC1. The van der Waals surface area contributed by atoms with Gasteiger partial charge in [-0.15, -0.1) is 11.3 Å². The summed E-state index contributed by atoms with van der Waals surface area (Å²) in [5.41, 5.74) is 0. The summed E-state index contributed by atoms with van der Waals surface area (Å²) in [6.45, 7) is 2.03. The lowest BCUT2D eigenvalue weighted by Gasteiger charge is -2.15. The van der Waals surface area contributed by atoms with Crippen LogP contribution in [0, 0.1) is 0 Å². The van der Waals surface area contributed by atoms with Gasteiger partial charge in [-0.1, -0.05) is 0 Å². The summed E-state index contributed by atoms with van der Waals surface area (Å²) in [6, 6.07) is 2.11. The van der Waals surface area contributed by atoms with E-state index in [0.29, 0.717) is 10.6 Å². The van der Waals surface area contributed by atoms with Gasteiger partial charge in [0.05, 0.1) is 7.11 Å². The van der Waals surface area contributed by atoms with Crippen molar-refractivity contribution >= 4 is 17.2 Å². The number of rotatable bonds is 3. The highest BCUT2D eigenvalue weighted by Crippen LogP contribution is 2.24. The predicted molar refractivity (Wildman–Crippen MR) is 68.8 cm³/mol. The topological polar surface area (TPSA) is 50.4 Å². The maximum atomic E-state index is 12.1. The molecule has 1 aliphatic heterocycles. The maximum absolute atomic E-state index is 12.1. The molecule has 1 aliphatic rings. The van der Waals surface area contributed by atoms with Crippen molar-refractivity contribution in [2.45, 2.75) is 25.3 Å². The van der Waals surface area contributed by atoms with Crippen LogP contribution in [0.15, 0.2) is 11.4 Å². The molecule has 17 heavy (non-hydrogen) atoms. The molecule has 1 atom stereocenters. The Kier molecular flexibility index (Phi) is 4.39. The quantitative estimate of drug-likeness (QED) is 0.862. The van der Waals surface area contributed by atoms with Gasteiger partial charge in [-0.05, 0) is 43.8 Å². The number of carbonyl (C=O) groups excluding carboxylic acids is 1. The van der Waals surface area contributed by atoms with E-state index in [2.05, 4.69) is 10.6 Å². The lowest BCUT2D eigenvalue weighted by Crippen LogP contribution is -2.35. The Morgan fingerprint density at radius 3 is 3.24 bits per heavy atom. The van der Waals surface area contributed by atoms with Crippen LogP contribution in [0.1, 0.15) is 28.9 Å². The molecule has 0 bridgehead atoms. The van der Waals surface area contributed by atoms with Crippen molar-refractivity contribution in [2.75, 3.05) is 20.2 Å². The fourth-order valence-corrected chi connectivity index (χ4v) is 2.80. The Hall–Kier alpha value is -1.07. The largest absolute Gasteiger partial charge is 0.495 e. The fraction of sp³-hybridized carbons (Fsp3) is 0.583. The van der Waals surface area contributed by atoms with Crippen LogP contribution in [0.5, 0.6) is 5.75 Å². The third kappa shape index (κ3) is 3.20. The van der Waals surface area contributed by atoms with Gasteiger partial charge in [0.25, 0.3) is 5.91 Å². The Bertz CT molecular complexity index is 370. The number of thiophene rings is 1. The van der Waals surface area contributed by atoms with E-state index in [4.69, 9.17) is 4.74 Å². The molecule has 1 amide bonds. The van der Waals surface area contributed by atoms with Crippen molar-refractivity contribution in [3.63, 3.8) is 0 Å². The highest BCUT2D eigenvalue weighted by molar-refractivity contribution is 7.12. The number of hydrogen-bond acceptors (Lipinski definition) is 4. The van der Waals surface area contributed by atoms with Crippen molar-refractivity contribution in [3.8, 4) is 5.75 Å². The minimum absolute atomic E-state index is 0.0104. The van der Waals surface area contributed by atoms with Gasteiger partial charge in [0, 0.05) is 6.04 Å². The lowest BCUT2D eigenvalue weighted by atomic mass is 10.1. The summed E-state index contributed by atoms with van der Waals surface area (Å²) >= 11 is 1.42. The second-order valence-electron chi connectivity index (χ2n) is 4.17. The molecule has 0 aromatic carbocycles. The Morgan fingerprint density at radius 2 is 2.41 bits per heavy atom. The Labute approximate surface area is 105 Å². The van der Waals surface area contributed by atoms with E-state index >= 15 is 0 Å². The zero-order valence-electron chi connectivity index (χ0n) is 9.99. The maximum Gasteiger partial charge on any atom is 0.265 e. The van der Waals surface area contributed by atoms with Crippen molar-refractivity contribution in [3.05, 3.63) is 16.3 Å². The van der Waals surface area contributed by atoms with E-state index in [0.717, 1.165) is 32.4 Å². The minimum Gasteiger partial charge on any atom is -0.495 e. The number of carbonyl (C=O) groups is 1. The molecule has 1 aromatic rings. The van der Waals surface area contributed by atoms with Crippen LogP contribution < -0.4 is 15.4 Å². The van der Waals surface area contributed by atoms with Crippen molar-refractivity contribution in [2.24, 2.45) is 0 Å². The molecule has 0 radical (unpaired) electrons. The van der Waals surface area contributed by atoms with Crippen LogP contribution >= 0.6 is 11.3 Å². The first-order valence-electron chi connectivity index (χ1n) is 5.94. The summed E-state index contributed by atoms with van der Waals surface area (Å²) < 4.78 is 5.16. The molecule has 1 fully saturated rings. The van der Waals surface area contributed by atoms with Crippen molar-refractivity contribution in [1.82, 2.24) is 10.6 Å². The second-order valence-corrected chi connectivity index (χ2v) is 5.09. The first-order chi connectivity index (χ1) is 8.31. The summed E-state index contributed by atoms with van der Waals surface area (Å²) in [6.07, 6.45) is 3.17. The van der Waals surface area contributed by atoms with Crippen LogP contribution in [0.25, 0.3) is 0 Å². The van der Waals surface area contributed by atoms with Crippen molar-refractivity contribution in [1.29, 1.82) is 0 Å². The van der Waals surface area contributed by atoms with Gasteiger partial charge in [-0.25, -0.2) is 0 Å². The predicted octanol–water partition coefficient (Wildman–Crippen LogP) is 1.63. The van der Waals surface area contributed by atoms with E-state index in [1.54, 1.807) is 7.11 Å². The van der Waals surface area contributed by atoms with Gasteiger partial charge in [-0.3, -0.25) is 4.79 Å². The van der Waals surface area contributed by atoms with Crippen LogP contribution in [0.2, 0.25) is 0 Å². The summed E-state index contributed by atoms with van der Waals surface area (Å²) in [5, 5.41) is 8.30. The van der Waals surface area contributed by atoms with Gasteiger partial charge >= 0.3 is 0 Å². The molecule has 0 spiro atoms. The normalized spacial score (nSPS) is 20.6. The van der Waals surface area contributed by atoms with E-state index in [1.165, 1.54) is 11.3 Å². The molecule has 2 rings (SSSR count). The third-order valence-corrected chi connectivity index (χ3v) is 3.86. The standard InChI is InChI=1S/C12H18N2O2S/c1-16-10-5-8-17-11(10)12(15)14-9-3-2-6-13-7-4-9/h5,8-9,13H,2-4,6-7H2,1H3,(H,14,15). The monoisotopic (exact) mass is 254 g/mol. The molecule has 94 valence electrons. The number of ether oxygens (including phenoxy) is 1. The van der Waals surface area contributed by atoms with E-state index < -0.39 is 0 Å². The average Bonchev–Trinajstić information content (AvgIpc) is 2.68. The third-order valence-electron chi connectivity index (χ3n) is 2.97. The summed E-state index contributed by atoms with van der Waals surface area (Å²) in [7, 11) is 1.59. The van der Waals surface area contributed by atoms with E-state index in [9.17, 15) is 4.79 Å². The summed E-state index contributed by atoms with van der Waals surface area (Å²) in [5.74, 6) is 0.656. The molecule has 1 saturated heterocycles. The molecule has 0 aliphatic carbocycles. The van der Waals surface area contributed by atoms with Crippen LogP contribution in [0.4, 0.5) is 0 Å². The minimum atomic E-state index is -0.0104. The van der Waals surface area contributed by atoms with E-state index in [-0.39, 0.29) is 11.9 Å². The molecule has 1 unspecified atom stereocenters. The smallest absolute Gasteiger partial charge is 0.265 e. The number of nitrogens with one attached hydrogen (secondary N) is 2. The van der Waals surface area contributed by atoms with E-state index in [1.807, 2.05) is 11.4 Å². The molecule has 0 saturated carbocycles. The van der Waals surface area contributed by atoms with Gasteiger partial charge in [0.15, 0.2) is 0 Å². The zero-order valence-corrected chi connectivity index (χ0v) is 10.8. The number of hydrogen-bond donors (Lipinski definition) is 2. The average molecular weight is 254 g/mol. The molecule has 2 heterocycles. The zero-order chi connectivity index (χ0) is 12.1. The second kappa shape index (κ2) is 6.02. The van der Waals surface area contributed by atoms with Gasteiger partial charge in [0.1, 0.15) is 10.6 Å². The fourth-order valence-electron chi connectivity index (χ4n) is 2.04. The Morgan fingerprint density at radius 1 is 1.53 bits per heavy atom. The van der Waals surface area contributed by atoms with Crippen LogP contribution in [0.3, 0.4) is 0 Å². The molecular formula is C12H18N2O2S. The highest BCUT2D eigenvalue weighted by atomic mass is 32.1. The van der Waals surface area contributed by atoms with Gasteiger partial charge < -0.3 is 15.4 Å². The molecule has 4 nitrogen and oxygen atoms in total. The first-order valence-corrected chi connectivity index (χ1v) is 6.82. The highest BCUT2D eigenvalue weighted by Gasteiger charge is 2.18. The number of amides is 1.